The lowest BCUT2D eigenvalue weighted by atomic mass is 10.1. The Morgan fingerprint density at radius 1 is 1.36 bits per heavy atom. The SMILES string of the molecule is Cc1ccc(C#N)c(N2C[C@@H](NC(=O)C3CC3)[C@@H](n3ccnn3)C2)n1. The zero-order chi connectivity index (χ0) is 17.4. The average molecular weight is 337 g/mol. The molecule has 2 aromatic heterocycles. The molecule has 8 nitrogen and oxygen atoms in total. The quantitative estimate of drug-likeness (QED) is 0.886. The first kappa shape index (κ1) is 15.6. The molecule has 3 heterocycles. The van der Waals surface area contributed by atoms with Gasteiger partial charge in [0, 0.05) is 30.9 Å². The van der Waals surface area contributed by atoms with Gasteiger partial charge in [-0.1, -0.05) is 5.21 Å². The Balaban J connectivity index is 1.62. The number of pyridine rings is 1. The summed E-state index contributed by atoms with van der Waals surface area (Å²) in [5.41, 5.74) is 1.40. The van der Waals surface area contributed by atoms with Gasteiger partial charge in [-0.3, -0.25) is 4.79 Å². The van der Waals surface area contributed by atoms with Gasteiger partial charge in [0.2, 0.25) is 5.91 Å². The molecule has 0 unspecified atom stereocenters. The van der Waals surface area contributed by atoms with E-state index in [1.165, 1.54) is 0 Å². The Bertz CT molecular complexity index is 822. The smallest absolute Gasteiger partial charge is 0.223 e. The number of aromatic nitrogens is 4. The molecule has 25 heavy (non-hydrogen) atoms. The number of anilines is 1. The van der Waals surface area contributed by atoms with E-state index >= 15 is 0 Å². The van der Waals surface area contributed by atoms with Crippen molar-refractivity contribution in [2.75, 3.05) is 18.0 Å². The Kier molecular flexibility index (Phi) is 3.84. The molecule has 1 aliphatic carbocycles. The predicted octanol–water partition coefficient (Wildman–Crippen LogP) is 0.809. The highest BCUT2D eigenvalue weighted by atomic mass is 16.2. The van der Waals surface area contributed by atoms with E-state index in [-0.39, 0.29) is 23.9 Å². The molecule has 1 N–H and O–H groups in total. The molecule has 1 saturated heterocycles. The lowest BCUT2D eigenvalue weighted by Gasteiger charge is -2.19. The molecule has 1 amide bonds. The highest BCUT2D eigenvalue weighted by Gasteiger charge is 2.39. The van der Waals surface area contributed by atoms with Crippen LogP contribution in [0, 0.1) is 24.2 Å². The molecule has 4 rings (SSSR count). The fourth-order valence-electron chi connectivity index (χ4n) is 3.28. The Morgan fingerprint density at radius 3 is 2.88 bits per heavy atom. The Morgan fingerprint density at radius 2 is 2.20 bits per heavy atom. The molecule has 128 valence electrons. The van der Waals surface area contributed by atoms with Crippen molar-refractivity contribution in [2.45, 2.75) is 31.8 Å². The first-order chi connectivity index (χ1) is 12.2. The summed E-state index contributed by atoms with van der Waals surface area (Å²) in [6, 6.07) is 5.69. The van der Waals surface area contributed by atoms with Gasteiger partial charge in [0.05, 0.1) is 23.8 Å². The minimum atomic E-state index is -0.0938. The third-order valence-corrected chi connectivity index (χ3v) is 4.78. The summed E-state index contributed by atoms with van der Waals surface area (Å²) in [6.07, 6.45) is 5.37. The number of nitrogens with one attached hydrogen (secondary N) is 1. The van der Waals surface area contributed by atoms with Crippen LogP contribution in [0.2, 0.25) is 0 Å². The third-order valence-electron chi connectivity index (χ3n) is 4.78. The summed E-state index contributed by atoms with van der Waals surface area (Å²) >= 11 is 0. The lowest BCUT2D eigenvalue weighted by molar-refractivity contribution is -0.123. The fourth-order valence-corrected chi connectivity index (χ4v) is 3.28. The second-order valence-corrected chi connectivity index (χ2v) is 6.68. The summed E-state index contributed by atoms with van der Waals surface area (Å²) in [5, 5.41) is 20.5. The van der Waals surface area contributed by atoms with E-state index in [2.05, 4.69) is 31.6 Å². The largest absolute Gasteiger partial charge is 0.351 e. The number of nitrogens with zero attached hydrogens (tertiary/aromatic N) is 6. The van der Waals surface area contributed by atoms with E-state index in [0.29, 0.717) is 24.5 Å². The van der Waals surface area contributed by atoms with Gasteiger partial charge in [-0.25, -0.2) is 9.67 Å². The van der Waals surface area contributed by atoms with Crippen LogP contribution >= 0.6 is 0 Å². The van der Waals surface area contributed by atoms with Gasteiger partial charge in [0.1, 0.15) is 11.9 Å². The van der Waals surface area contributed by atoms with E-state index < -0.39 is 0 Å². The molecule has 2 aliphatic rings. The molecule has 2 aromatic rings. The van der Waals surface area contributed by atoms with Gasteiger partial charge in [0.15, 0.2) is 0 Å². The van der Waals surface area contributed by atoms with E-state index in [4.69, 9.17) is 0 Å². The van der Waals surface area contributed by atoms with Crippen molar-refractivity contribution in [2.24, 2.45) is 5.92 Å². The number of rotatable bonds is 4. The van der Waals surface area contributed by atoms with Crippen LogP contribution in [0.25, 0.3) is 0 Å². The number of carbonyl (C=O) groups excluding carboxylic acids is 1. The van der Waals surface area contributed by atoms with Crippen LogP contribution < -0.4 is 10.2 Å². The third kappa shape index (κ3) is 3.05. The molecule has 8 heteroatoms. The summed E-state index contributed by atoms with van der Waals surface area (Å²) in [7, 11) is 0. The highest BCUT2D eigenvalue weighted by molar-refractivity contribution is 5.81. The maximum absolute atomic E-state index is 12.3. The van der Waals surface area contributed by atoms with Gasteiger partial charge >= 0.3 is 0 Å². The normalized spacial score (nSPS) is 22.6. The van der Waals surface area contributed by atoms with Crippen molar-refractivity contribution in [1.29, 1.82) is 5.26 Å². The molecule has 0 radical (unpaired) electrons. The topological polar surface area (TPSA) is 99.7 Å². The van der Waals surface area contributed by atoms with Crippen LogP contribution in [-0.4, -0.2) is 45.0 Å². The van der Waals surface area contributed by atoms with Crippen LogP contribution in [0.4, 0.5) is 5.82 Å². The van der Waals surface area contributed by atoms with Crippen LogP contribution in [0.1, 0.15) is 30.1 Å². The average Bonchev–Trinajstić information content (AvgIpc) is 3.16. The van der Waals surface area contributed by atoms with Crippen molar-refractivity contribution in [3.63, 3.8) is 0 Å². The van der Waals surface area contributed by atoms with Gasteiger partial charge in [0.25, 0.3) is 0 Å². The molecule has 0 bridgehead atoms. The van der Waals surface area contributed by atoms with Gasteiger partial charge in [-0.15, -0.1) is 5.10 Å². The summed E-state index contributed by atoms with van der Waals surface area (Å²) in [5.74, 6) is 0.919. The van der Waals surface area contributed by atoms with Crippen molar-refractivity contribution in [3.8, 4) is 6.07 Å². The predicted molar refractivity (Wildman–Crippen MR) is 89.6 cm³/mol. The molecule has 2 fully saturated rings. The Labute approximate surface area is 145 Å². The van der Waals surface area contributed by atoms with Gasteiger partial charge in [-0.05, 0) is 31.9 Å². The summed E-state index contributed by atoms with van der Waals surface area (Å²) in [6.45, 7) is 3.11. The summed E-state index contributed by atoms with van der Waals surface area (Å²) in [4.78, 5) is 18.9. The first-order valence-corrected chi connectivity index (χ1v) is 8.44. The monoisotopic (exact) mass is 337 g/mol. The molecular weight excluding hydrogens is 318 g/mol. The number of hydrogen-bond donors (Lipinski definition) is 1. The summed E-state index contributed by atoms with van der Waals surface area (Å²) < 4.78 is 1.78. The number of nitriles is 1. The van der Waals surface area contributed by atoms with Crippen LogP contribution in [-0.2, 0) is 4.79 Å². The molecule has 1 saturated carbocycles. The Hall–Kier alpha value is -2.95. The maximum atomic E-state index is 12.3. The van der Waals surface area contributed by atoms with E-state index in [0.717, 1.165) is 18.5 Å². The number of hydrogen-bond acceptors (Lipinski definition) is 6. The van der Waals surface area contributed by atoms with E-state index in [1.54, 1.807) is 23.1 Å². The van der Waals surface area contributed by atoms with E-state index in [9.17, 15) is 10.1 Å². The molecule has 1 aliphatic heterocycles. The van der Waals surface area contributed by atoms with E-state index in [1.807, 2.05) is 13.0 Å². The molecule has 0 spiro atoms. The van der Waals surface area contributed by atoms with Crippen molar-refractivity contribution >= 4 is 11.7 Å². The van der Waals surface area contributed by atoms with Crippen molar-refractivity contribution < 1.29 is 4.79 Å². The lowest BCUT2D eigenvalue weighted by Crippen LogP contribution is -2.42. The number of amides is 1. The zero-order valence-electron chi connectivity index (χ0n) is 14.0. The van der Waals surface area contributed by atoms with Crippen LogP contribution in [0.5, 0.6) is 0 Å². The standard InChI is InChI=1S/C17H19N7O/c1-11-2-3-13(8-18)16(20-11)23-9-14(21-17(25)12-4-5-12)15(10-23)24-7-6-19-22-24/h2-3,6-7,12,14-15H,4-5,9-10H2,1H3,(H,21,25)/t14-,15+/m1/s1. The first-order valence-electron chi connectivity index (χ1n) is 8.44. The van der Waals surface area contributed by atoms with Crippen LogP contribution in [0.3, 0.4) is 0 Å². The molecule has 2 atom stereocenters. The minimum absolute atomic E-state index is 0.0425. The van der Waals surface area contributed by atoms with Gasteiger partial charge in [-0.2, -0.15) is 5.26 Å². The van der Waals surface area contributed by atoms with Gasteiger partial charge < -0.3 is 10.2 Å². The number of carbonyl (C=O) groups is 1. The maximum Gasteiger partial charge on any atom is 0.223 e. The molecule has 0 aromatic carbocycles. The second kappa shape index (κ2) is 6.16. The number of aryl methyl sites for hydroxylation is 1. The second-order valence-electron chi connectivity index (χ2n) is 6.68. The molecular formula is C17H19N7O. The minimum Gasteiger partial charge on any atom is -0.351 e. The zero-order valence-corrected chi connectivity index (χ0v) is 14.0. The van der Waals surface area contributed by atoms with Crippen LogP contribution in [0.15, 0.2) is 24.5 Å². The van der Waals surface area contributed by atoms with Crippen molar-refractivity contribution in [1.82, 2.24) is 25.3 Å². The van der Waals surface area contributed by atoms with Crippen molar-refractivity contribution in [3.05, 3.63) is 35.8 Å². The fraction of sp³-hybridized carbons (Fsp3) is 0.471. The highest BCUT2D eigenvalue weighted by Crippen LogP contribution is 2.32.